The number of nitrogens with zero attached hydrogens (tertiary/aromatic N) is 1. The zero-order valence-electron chi connectivity index (χ0n) is 15.5. The van der Waals surface area contributed by atoms with Crippen LogP contribution in [0.1, 0.15) is 59.6 Å². The number of aryl methyl sites for hydroxylation is 3. The fourth-order valence-corrected chi connectivity index (χ4v) is 2.41. The van der Waals surface area contributed by atoms with Crippen molar-refractivity contribution in [3.63, 3.8) is 0 Å². The quantitative estimate of drug-likeness (QED) is 0.832. The van der Waals surface area contributed by atoms with Crippen molar-refractivity contribution in [3.05, 3.63) is 46.3 Å². The summed E-state index contributed by atoms with van der Waals surface area (Å²) in [5.74, 6) is -0.541. The standard InChI is InChI=1S/C19H24N2O4/c1-10(2)17-16(13(5)21-25-17)19(23)24-14(6)18(22)20-15-9-11(3)7-8-12(15)4/h7-10,14H,1-6H3,(H,20,22)/t14-/m0/s1. The number of benzene rings is 1. The van der Waals surface area contributed by atoms with Crippen LogP contribution in [0.5, 0.6) is 0 Å². The Hall–Kier alpha value is -2.63. The summed E-state index contributed by atoms with van der Waals surface area (Å²) in [7, 11) is 0. The Labute approximate surface area is 147 Å². The second kappa shape index (κ2) is 7.51. The lowest BCUT2D eigenvalue weighted by atomic mass is 10.1. The molecule has 0 saturated heterocycles. The van der Waals surface area contributed by atoms with Crippen molar-refractivity contribution in [1.29, 1.82) is 0 Å². The van der Waals surface area contributed by atoms with E-state index in [4.69, 9.17) is 9.26 Å². The number of aromatic nitrogens is 1. The van der Waals surface area contributed by atoms with E-state index in [1.165, 1.54) is 6.92 Å². The molecule has 2 aromatic rings. The van der Waals surface area contributed by atoms with Crippen molar-refractivity contribution in [1.82, 2.24) is 5.16 Å². The third-order valence-electron chi connectivity index (χ3n) is 3.92. The first-order chi connectivity index (χ1) is 11.7. The SMILES string of the molecule is Cc1ccc(C)c(NC(=O)[C@H](C)OC(=O)c2c(C)noc2C(C)C)c1. The van der Waals surface area contributed by atoms with Crippen LogP contribution < -0.4 is 5.32 Å². The molecule has 0 aliphatic carbocycles. The predicted octanol–water partition coefficient (Wildman–Crippen LogP) is 3.91. The first-order valence-corrected chi connectivity index (χ1v) is 8.26. The summed E-state index contributed by atoms with van der Waals surface area (Å²) >= 11 is 0. The lowest BCUT2D eigenvalue weighted by molar-refractivity contribution is -0.123. The molecule has 0 spiro atoms. The van der Waals surface area contributed by atoms with E-state index in [-0.39, 0.29) is 11.8 Å². The van der Waals surface area contributed by atoms with E-state index < -0.39 is 12.1 Å². The molecule has 1 heterocycles. The minimum atomic E-state index is -0.943. The Morgan fingerprint density at radius 1 is 1.16 bits per heavy atom. The van der Waals surface area contributed by atoms with Crippen molar-refractivity contribution in [2.45, 2.75) is 53.6 Å². The van der Waals surface area contributed by atoms with Crippen LogP contribution in [-0.2, 0) is 9.53 Å². The van der Waals surface area contributed by atoms with E-state index in [1.807, 2.05) is 45.9 Å². The molecule has 0 radical (unpaired) electrons. The van der Waals surface area contributed by atoms with Gasteiger partial charge in [0.1, 0.15) is 5.56 Å². The summed E-state index contributed by atoms with van der Waals surface area (Å²) in [5.41, 5.74) is 3.43. The lowest BCUT2D eigenvalue weighted by Crippen LogP contribution is -2.30. The number of carbonyl (C=O) groups excluding carboxylic acids is 2. The van der Waals surface area contributed by atoms with Gasteiger partial charge in [0, 0.05) is 11.6 Å². The molecule has 1 aromatic carbocycles. The van der Waals surface area contributed by atoms with Gasteiger partial charge in [-0.2, -0.15) is 0 Å². The molecule has 0 aliphatic heterocycles. The monoisotopic (exact) mass is 344 g/mol. The number of carbonyl (C=O) groups is 2. The first-order valence-electron chi connectivity index (χ1n) is 8.26. The summed E-state index contributed by atoms with van der Waals surface area (Å²) in [6, 6.07) is 5.77. The highest BCUT2D eigenvalue weighted by Gasteiger charge is 2.27. The molecule has 25 heavy (non-hydrogen) atoms. The van der Waals surface area contributed by atoms with Gasteiger partial charge >= 0.3 is 5.97 Å². The van der Waals surface area contributed by atoms with Crippen LogP contribution in [0.25, 0.3) is 0 Å². The van der Waals surface area contributed by atoms with Gasteiger partial charge in [-0.05, 0) is 44.9 Å². The van der Waals surface area contributed by atoms with Crippen LogP contribution in [0.3, 0.4) is 0 Å². The van der Waals surface area contributed by atoms with Crippen molar-refractivity contribution >= 4 is 17.6 Å². The molecular formula is C19H24N2O4. The summed E-state index contributed by atoms with van der Waals surface area (Å²) in [6.07, 6.45) is -0.943. The highest BCUT2D eigenvalue weighted by molar-refractivity contribution is 5.98. The second-order valence-corrected chi connectivity index (χ2v) is 6.52. The van der Waals surface area contributed by atoms with Crippen molar-refractivity contribution in [2.24, 2.45) is 0 Å². The molecule has 0 unspecified atom stereocenters. The normalized spacial score (nSPS) is 12.1. The zero-order valence-corrected chi connectivity index (χ0v) is 15.5. The Morgan fingerprint density at radius 3 is 2.48 bits per heavy atom. The fourth-order valence-electron chi connectivity index (χ4n) is 2.41. The number of esters is 1. The molecule has 0 saturated carbocycles. The van der Waals surface area contributed by atoms with E-state index in [1.54, 1.807) is 6.92 Å². The first kappa shape index (κ1) is 18.7. The third kappa shape index (κ3) is 4.26. The molecule has 0 fully saturated rings. The number of hydrogen-bond acceptors (Lipinski definition) is 5. The molecule has 6 nitrogen and oxygen atoms in total. The molecule has 1 N–H and O–H groups in total. The summed E-state index contributed by atoms with van der Waals surface area (Å²) in [6.45, 7) is 10.9. The predicted molar refractivity (Wildman–Crippen MR) is 94.8 cm³/mol. The molecule has 6 heteroatoms. The van der Waals surface area contributed by atoms with Crippen LogP contribution in [0, 0.1) is 20.8 Å². The fraction of sp³-hybridized carbons (Fsp3) is 0.421. The number of nitrogens with one attached hydrogen (secondary N) is 1. The summed E-state index contributed by atoms with van der Waals surface area (Å²) in [4.78, 5) is 24.8. The maximum absolute atomic E-state index is 12.4. The van der Waals surface area contributed by atoms with Crippen LogP contribution in [0.2, 0.25) is 0 Å². The van der Waals surface area contributed by atoms with Gasteiger partial charge in [0.15, 0.2) is 11.9 Å². The van der Waals surface area contributed by atoms with E-state index >= 15 is 0 Å². The molecule has 2 rings (SSSR count). The van der Waals surface area contributed by atoms with Crippen LogP contribution in [-0.4, -0.2) is 23.1 Å². The van der Waals surface area contributed by atoms with Gasteiger partial charge in [-0.1, -0.05) is 31.1 Å². The Morgan fingerprint density at radius 2 is 1.84 bits per heavy atom. The average Bonchev–Trinajstić information content (AvgIpc) is 2.92. The highest BCUT2D eigenvalue weighted by Crippen LogP contribution is 2.23. The molecule has 1 atom stereocenters. The second-order valence-electron chi connectivity index (χ2n) is 6.52. The molecular weight excluding hydrogens is 320 g/mol. The Bertz CT molecular complexity index is 793. The van der Waals surface area contributed by atoms with E-state index in [0.717, 1.165) is 11.1 Å². The van der Waals surface area contributed by atoms with Gasteiger partial charge in [-0.15, -0.1) is 0 Å². The number of ether oxygens (including phenoxy) is 1. The number of rotatable bonds is 5. The Kier molecular flexibility index (Phi) is 5.62. The van der Waals surface area contributed by atoms with Crippen molar-refractivity contribution < 1.29 is 18.8 Å². The third-order valence-corrected chi connectivity index (χ3v) is 3.92. The number of hydrogen-bond donors (Lipinski definition) is 1. The van der Waals surface area contributed by atoms with Crippen LogP contribution in [0.4, 0.5) is 5.69 Å². The maximum atomic E-state index is 12.4. The summed E-state index contributed by atoms with van der Waals surface area (Å²) in [5, 5.41) is 6.62. The molecule has 0 aliphatic rings. The Balaban J connectivity index is 2.10. The van der Waals surface area contributed by atoms with Gasteiger partial charge in [0.25, 0.3) is 5.91 Å². The van der Waals surface area contributed by atoms with Gasteiger partial charge in [-0.25, -0.2) is 4.79 Å². The van der Waals surface area contributed by atoms with Crippen molar-refractivity contribution in [3.8, 4) is 0 Å². The molecule has 1 aromatic heterocycles. The molecule has 1 amide bonds. The van der Waals surface area contributed by atoms with Crippen molar-refractivity contribution in [2.75, 3.05) is 5.32 Å². The van der Waals surface area contributed by atoms with E-state index in [0.29, 0.717) is 22.7 Å². The zero-order chi connectivity index (χ0) is 18.7. The number of amides is 1. The lowest BCUT2D eigenvalue weighted by Gasteiger charge is -2.15. The average molecular weight is 344 g/mol. The van der Waals surface area contributed by atoms with Gasteiger partial charge in [0.05, 0.1) is 5.69 Å². The topological polar surface area (TPSA) is 81.4 Å². The molecule has 0 bridgehead atoms. The maximum Gasteiger partial charge on any atom is 0.344 e. The highest BCUT2D eigenvalue weighted by atomic mass is 16.5. The minimum absolute atomic E-state index is 0.0113. The largest absolute Gasteiger partial charge is 0.449 e. The van der Waals surface area contributed by atoms with E-state index in [2.05, 4.69) is 10.5 Å². The summed E-state index contributed by atoms with van der Waals surface area (Å²) < 4.78 is 10.5. The number of anilines is 1. The van der Waals surface area contributed by atoms with Gasteiger partial charge in [0.2, 0.25) is 0 Å². The van der Waals surface area contributed by atoms with Crippen LogP contribution in [0.15, 0.2) is 22.7 Å². The van der Waals surface area contributed by atoms with E-state index in [9.17, 15) is 9.59 Å². The van der Waals surface area contributed by atoms with Gasteiger partial charge in [-0.3, -0.25) is 4.79 Å². The minimum Gasteiger partial charge on any atom is -0.449 e. The smallest absolute Gasteiger partial charge is 0.344 e. The molecule has 134 valence electrons. The van der Waals surface area contributed by atoms with Crippen LogP contribution >= 0.6 is 0 Å². The van der Waals surface area contributed by atoms with Gasteiger partial charge < -0.3 is 14.6 Å².